The molecular formula is C36H52F2N6O7. The molecule has 0 aliphatic heterocycles. The lowest BCUT2D eigenvalue weighted by Gasteiger charge is -2.24. The molecule has 2 rings (SSSR count). The highest BCUT2D eigenvalue weighted by Gasteiger charge is 2.25. The molecule has 0 aromatic heterocycles. The number of para-hydroxylation sites is 1. The summed E-state index contributed by atoms with van der Waals surface area (Å²) in [4.78, 5) is 79.0. The van der Waals surface area contributed by atoms with E-state index < -0.39 is 59.3 Å². The molecule has 0 saturated heterocycles. The predicted molar refractivity (Wildman–Crippen MR) is 189 cm³/mol. The first-order valence-corrected chi connectivity index (χ1v) is 16.6. The van der Waals surface area contributed by atoms with Crippen LogP contribution in [0.4, 0.5) is 14.5 Å². The fourth-order valence-electron chi connectivity index (χ4n) is 4.24. The van der Waals surface area contributed by atoms with E-state index in [1.165, 1.54) is 24.0 Å². The number of amides is 6. The summed E-state index contributed by atoms with van der Waals surface area (Å²) < 4.78 is 26.2. The van der Waals surface area contributed by atoms with Gasteiger partial charge < -0.3 is 20.4 Å². The van der Waals surface area contributed by atoms with Gasteiger partial charge in [-0.05, 0) is 69.0 Å². The SMILES string of the molecule is CC(C)CN[C@@H](C)C(=O)NC(=O)[C@H](C)NC(=O)Cc1cc(F)cc(F)c1.CON(C)[C@@H](C)C(=O)NC(=O)CN(C(=O)CC(C)C)c1ccccc1. The molecule has 0 bridgehead atoms. The van der Waals surface area contributed by atoms with Gasteiger partial charge in [0.25, 0.3) is 0 Å². The van der Waals surface area contributed by atoms with Gasteiger partial charge in [0.15, 0.2) is 0 Å². The normalized spacial score (nSPS) is 12.7. The van der Waals surface area contributed by atoms with Crippen LogP contribution in [0, 0.1) is 23.5 Å². The summed E-state index contributed by atoms with van der Waals surface area (Å²) in [5.74, 6) is -3.98. The van der Waals surface area contributed by atoms with Gasteiger partial charge in [-0.2, -0.15) is 5.06 Å². The fourth-order valence-corrected chi connectivity index (χ4v) is 4.24. The Hall–Kier alpha value is -4.60. The zero-order chi connectivity index (χ0) is 38.8. The predicted octanol–water partition coefficient (Wildman–Crippen LogP) is 2.88. The van der Waals surface area contributed by atoms with Crippen LogP contribution >= 0.6 is 0 Å². The van der Waals surface area contributed by atoms with Crippen molar-refractivity contribution in [2.24, 2.45) is 11.8 Å². The van der Waals surface area contributed by atoms with Crippen LogP contribution in [-0.4, -0.2) is 85.9 Å². The maximum Gasteiger partial charge on any atom is 0.248 e. The second kappa shape index (κ2) is 22.3. The van der Waals surface area contributed by atoms with Crippen LogP contribution in [0.1, 0.15) is 60.5 Å². The van der Waals surface area contributed by atoms with Crippen LogP contribution in [0.5, 0.6) is 0 Å². The Labute approximate surface area is 298 Å². The van der Waals surface area contributed by atoms with E-state index >= 15 is 0 Å². The highest BCUT2D eigenvalue weighted by Crippen LogP contribution is 2.16. The lowest BCUT2D eigenvalue weighted by Crippen LogP contribution is -2.51. The number of benzene rings is 2. The molecule has 2 aromatic carbocycles. The number of nitrogens with zero attached hydrogens (tertiary/aromatic N) is 2. The second-order valence-electron chi connectivity index (χ2n) is 12.9. The molecule has 2 aromatic rings. The van der Waals surface area contributed by atoms with Crippen LogP contribution in [0.25, 0.3) is 0 Å². The number of halogens is 2. The number of carbonyl (C=O) groups excluding carboxylic acids is 6. The number of hydrogen-bond acceptors (Lipinski definition) is 9. The first kappa shape index (κ1) is 44.4. The number of carbonyl (C=O) groups is 6. The molecule has 0 heterocycles. The van der Waals surface area contributed by atoms with Crippen LogP contribution in [0.3, 0.4) is 0 Å². The van der Waals surface area contributed by atoms with E-state index in [1.54, 1.807) is 45.2 Å². The average Bonchev–Trinajstić information content (AvgIpc) is 3.04. The van der Waals surface area contributed by atoms with Crippen molar-refractivity contribution >= 4 is 41.1 Å². The first-order valence-electron chi connectivity index (χ1n) is 16.6. The molecule has 13 nitrogen and oxygen atoms in total. The zero-order valence-electron chi connectivity index (χ0n) is 30.8. The molecule has 0 spiro atoms. The summed E-state index contributed by atoms with van der Waals surface area (Å²) in [5.41, 5.74) is 0.771. The standard InChI is InChI=1S/C18H25F2N3O3.C18H27N3O4/c1-10(2)9-21-11(3)17(25)23-18(26)12(4)22-16(24)7-13-5-14(19)8-15(20)6-13;1-13(2)11-17(23)21(15-9-7-6-8-10-15)12-16(22)19-18(24)14(3)20(4)25-5/h5-6,8,10-12,21H,7,9H2,1-4H3,(H,22,24)(H,23,25,26);6-10,13-14H,11-12H2,1-5H3,(H,19,22,24)/t11-,12-;14-/m00/s1. The monoisotopic (exact) mass is 718 g/mol. The fraction of sp³-hybridized carbons (Fsp3) is 0.500. The van der Waals surface area contributed by atoms with Crippen molar-refractivity contribution in [3.63, 3.8) is 0 Å². The Morgan fingerprint density at radius 3 is 1.84 bits per heavy atom. The Balaban J connectivity index is 0.000000510. The Bertz CT molecular complexity index is 1450. The summed E-state index contributed by atoms with van der Waals surface area (Å²) in [6, 6.07) is 9.57. The summed E-state index contributed by atoms with van der Waals surface area (Å²) >= 11 is 0. The molecule has 15 heteroatoms. The van der Waals surface area contributed by atoms with Crippen molar-refractivity contribution in [1.82, 2.24) is 26.3 Å². The van der Waals surface area contributed by atoms with Crippen molar-refractivity contribution in [3.8, 4) is 0 Å². The Morgan fingerprint density at radius 1 is 0.745 bits per heavy atom. The third-order valence-corrected chi connectivity index (χ3v) is 7.26. The van der Waals surface area contributed by atoms with E-state index in [-0.39, 0.29) is 30.4 Å². The van der Waals surface area contributed by atoms with Crippen molar-refractivity contribution in [2.75, 3.05) is 32.1 Å². The largest absolute Gasteiger partial charge is 0.344 e. The van der Waals surface area contributed by atoms with Crippen molar-refractivity contribution in [3.05, 3.63) is 65.7 Å². The van der Waals surface area contributed by atoms with Gasteiger partial charge in [-0.15, -0.1) is 0 Å². The molecule has 3 atom stereocenters. The maximum atomic E-state index is 13.1. The van der Waals surface area contributed by atoms with E-state index in [2.05, 4.69) is 21.3 Å². The van der Waals surface area contributed by atoms with Crippen LogP contribution < -0.4 is 26.2 Å². The minimum absolute atomic E-state index is 0.148. The van der Waals surface area contributed by atoms with Crippen molar-refractivity contribution in [2.45, 2.75) is 79.4 Å². The van der Waals surface area contributed by atoms with E-state index in [1.807, 2.05) is 33.8 Å². The highest BCUT2D eigenvalue weighted by atomic mass is 19.1. The minimum atomic E-state index is -0.970. The van der Waals surface area contributed by atoms with Crippen LogP contribution in [-0.2, 0) is 40.0 Å². The van der Waals surface area contributed by atoms with Crippen molar-refractivity contribution < 1.29 is 42.4 Å². The van der Waals surface area contributed by atoms with Gasteiger partial charge in [0.1, 0.15) is 30.3 Å². The molecule has 0 saturated carbocycles. The quantitative estimate of drug-likeness (QED) is 0.191. The second-order valence-corrected chi connectivity index (χ2v) is 12.9. The van der Waals surface area contributed by atoms with Gasteiger partial charge >= 0.3 is 0 Å². The van der Waals surface area contributed by atoms with Gasteiger partial charge in [-0.1, -0.05) is 45.9 Å². The molecule has 0 fully saturated rings. The molecular weight excluding hydrogens is 666 g/mol. The third-order valence-electron chi connectivity index (χ3n) is 7.26. The number of hydrogen-bond donors (Lipinski definition) is 4. The van der Waals surface area contributed by atoms with E-state index in [0.29, 0.717) is 30.6 Å². The molecule has 282 valence electrons. The lowest BCUT2D eigenvalue weighted by molar-refractivity contribution is -0.159. The number of imide groups is 2. The van der Waals surface area contributed by atoms with Crippen LogP contribution in [0.15, 0.2) is 48.5 Å². The van der Waals surface area contributed by atoms with Gasteiger partial charge in [-0.3, -0.25) is 39.4 Å². The molecule has 51 heavy (non-hydrogen) atoms. The number of anilines is 1. The lowest BCUT2D eigenvalue weighted by atomic mass is 10.1. The van der Waals surface area contributed by atoms with E-state index in [9.17, 15) is 37.5 Å². The van der Waals surface area contributed by atoms with Gasteiger partial charge in [0.2, 0.25) is 35.4 Å². The maximum absolute atomic E-state index is 13.1. The average molecular weight is 719 g/mol. The molecule has 4 N–H and O–H groups in total. The Kier molecular flexibility index (Phi) is 19.4. The van der Waals surface area contributed by atoms with Gasteiger partial charge in [-0.25, -0.2) is 8.78 Å². The topological polar surface area (TPSA) is 166 Å². The number of rotatable bonds is 16. The smallest absolute Gasteiger partial charge is 0.248 e. The summed E-state index contributed by atoms with van der Waals surface area (Å²) in [6.07, 6.45) is 0.0333. The highest BCUT2D eigenvalue weighted by molar-refractivity contribution is 6.04. The summed E-state index contributed by atoms with van der Waals surface area (Å²) in [7, 11) is 3.03. The molecule has 6 amide bonds. The molecule has 0 unspecified atom stereocenters. The zero-order valence-corrected chi connectivity index (χ0v) is 30.8. The third kappa shape index (κ3) is 17.3. The van der Waals surface area contributed by atoms with E-state index in [4.69, 9.17) is 4.84 Å². The van der Waals surface area contributed by atoms with Gasteiger partial charge in [0.05, 0.1) is 19.6 Å². The van der Waals surface area contributed by atoms with Gasteiger partial charge in [0, 0.05) is 25.2 Å². The number of hydroxylamine groups is 2. The van der Waals surface area contributed by atoms with Crippen molar-refractivity contribution in [1.29, 1.82) is 0 Å². The van der Waals surface area contributed by atoms with Crippen LogP contribution in [0.2, 0.25) is 0 Å². The first-order chi connectivity index (χ1) is 23.8. The summed E-state index contributed by atoms with van der Waals surface area (Å²) in [5, 5.41) is 11.2. The minimum Gasteiger partial charge on any atom is -0.344 e. The Morgan fingerprint density at radius 2 is 1.31 bits per heavy atom. The van der Waals surface area contributed by atoms with E-state index in [0.717, 1.165) is 12.1 Å². The summed E-state index contributed by atoms with van der Waals surface area (Å²) in [6.45, 7) is 12.9. The number of likely N-dealkylation sites (N-methyl/N-ethyl adjacent to an activating group) is 1. The molecule has 0 aliphatic carbocycles. The molecule has 0 aliphatic rings. The molecule has 0 radical (unpaired) electrons. The number of nitrogens with one attached hydrogen (secondary N) is 4.